The van der Waals surface area contributed by atoms with Gasteiger partial charge in [-0.1, -0.05) is 23.7 Å². The highest BCUT2D eigenvalue weighted by Crippen LogP contribution is 2.24. The highest BCUT2D eigenvalue weighted by atomic mass is 35.5. The first-order valence-corrected chi connectivity index (χ1v) is 10.7. The molecule has 2 aromatic rings. The number of aryl methyl sites for hydroxylation is 1. The molecule has 0 aliphatic rings. The number of hydrogen-bond donors (Lipinski definition) is 1. The molecule has 152 valence electrons. The Morgan fingerprint density at radius 1 is 1.25 bits per heavy atom. The Bertz CT molecular complexity index is 966. The van der Waals surface area contributed by atoms with Crippen molar-refractivity contribution in [3.05, 3.63) is 58.4 Å². The number of sulfonamides is 1. The Labute approximate surface area is 169 Å². The number of anilines is 1. The number of carbonyl (C=O) groups excluding carboxylic acids is 1. The topological polar surface area (TPSA) is 75.7 Å². The lowest BCUT2D eigenvalue weighted by Crippen LogP contribution is -2.41. The zero-order valence-electron chi connectivity index (χ0n) is 15.8. The summed E-state index contributed by atoms with van der Waals surface area (Å²) in [5, 5.41) is 2.38. The van der Waals surface area contributed by atoms with Crippen LogP contribution in [0.3, 0.4) is 0 Å². The maximum atomic E-state index is 13.3. The Morgan fingerprint density at radius 3 is 2.61 bits per heavy atom. The quantitative estimate of drug-likeness (QED) is 0.655. The van der Waals surface area contributed by atoms with Crippen molar-refractivity contribution in [1.82, 2.24) is 5.32 Å². The Hall–Kier alpha value is -2.32. The van der Waals surface area contributed by atoms with Gasteiger partial charge in [-0.15, -0.1) is 0 Å². The number of benzene rings is 2. The van der Waals surface area contributed by atoms with Gasteiger partial charge in [0.15, 0.2) is 0 Å². The molecule has 2 rings (SSSR count). The van der Waals surface area contributed by atoms with Crippen molar-refractivity contribution in [2.24, 2.45) is 0 Å². The normalized spacial score (nSPS) is 11.2. The average molecular weight is 429 g/mol. The predicted octanol–water partition coefficient (Wildman–Crippen LogP) is 3.06. The molecular weight excluding hydrogens is 407 g/mol. The van der Waals surface area contributed by atoms with Crippen molar-refractivity contribution in [2.45, 2.75) is 13.8 Å². The Kier molecular flexibility index (Phi) is 7.26. The molecule has 0 bridgehead atoms. The van der Waals surface area contributed by atoms with Crippen LogP contribution < -0.4 is 14.4 Å². The van der Waals surface area contributed by atoms with Gasteiger partial charge in [-0.25, -0.2) is 12.8 Å². The fourth-order valence-corrected chi connectivity index (χ4v) is 3.48. The molecule has 0 unspecified atom stereocenters. The van der Waals surface area contributed by atoms with Crippen LogP contribution in [0.25, 0.3) is 0 Å². The largest absolute Gasteiger partial charge is 0.491 e. The van der Waals surface area contributed by atoms with Crippen LogP contribution in [0.2, 0.25) is 5.02 Å². The minimum atomic E-state index is -3.77. The summed E-state index contributed by atoms with van der Waals surface area (Å²) < 4.78 is 43.9. The van der Waals surface area contributed by atoms with E-state index in [1.54, 1.807) is 0 Å². The number of nitrogens with zero attached hydrogens (tertiary/aromatic N) is 1. The minimum Gasteiger partial charge on any atom is -0.491 e. The third-order valence-electron chi connectivity index (χ3n) is 4.12. The van der Waals surface area contributed by atoms with Crippen LogP contribution in [-0.4, -0.2) is 40.3 Å². The molecule has 0 spiro atoms. The van der Waals surface area contributed by atoms with Crippen molar-refractivity contribution >= 4 is 33.2 Å². The maximum Gasteiger partial charge on any atom is 0.240 e. The number of amides is 1. The van der Waals surface area contributed by atoms with Crippen LogP contribution in [0, 0.1) is 19.7 Å². The lowest BCUT2D eigenvalue weighted by atomic mass is 10.1. The SMILES string of the molecule is Cc1cccc(OCCNC(=O)CN(c2ccc(F)c(Cl)c2)S(C)(=O)=O)c1C. The molecule has 0 radical (unpaired) electrons. The van der Waals surface area contributed by atoms with E-state index < -0.39 is 28.3 Å². The Balaban J connectivity index is 1.95. The molecule has 0 fully saturated rings. The van der Waals surface area contributed by atoms with E-state index in [2.05, 4.69) is 5.32 Å². The highest BCUT2D eigenvalue weighted by molar-refractivity contribution is 7.92. The van der Waals surface area contributed by atoms with Gasteiger partial charge in [-0.05, 0) is 49.2 Å². The summed E-state index contributed by atoms with van der Waals surface area (Å²) in [6.45, 7) is 3.90. The third-order valence-corrected chi connectivity index (χ3v) is 5.55. The standard InChI is InChI=1S/C19H22ClFN2O4S/c1-13-5-4-6-18(14(13)2)27-10-9-22-19(24)12-23(28(3,25)26)15-7-8-17(21)16(20)11-15/h4-8,11H,9-10,12H2,1-3H3,(H,22,24). The van der Waals surface area contributed by atoms with E-state index in [9.17, 15) is 17.6 Å². The number of ether oxygens (including phenoxy) is 1. The van der Waals surface area contributed by atoms with E-state index in [0.29, 0.717) is 0 Å². The number of halogens is 2. The Morgan fingerprint density at radius 2 is 1.96 bits per heavy atom. The second kappa shape index (κ2) is 9.25. The summed E-state index contributed by atoms with van der Waals surface area (Å²) in [7, 11) is -3.77. The van der Waals surface area contributed by atoms with E-state index in [4.69, 9.17) is 16.3 Å². The van der Waals surface area contributed by atoms with Crippen LogP contribution in [0.4, 0.5) is 10.1 Å². The van der Waals surface area contributed by atoms with Crippen molar-refractivity contribution < 1.29 is 22.3 Å². The summed E-state index contributed by atoms with van der Waals surface area (Å²) in [6, 6.07) is 9.16. The summed E-state index contributed by atoms with van der Waals surface area (Å²) in [6.07, 6.45) is 0.959. The number of rotatable bonds is 8. The molecule has 0 aromatic heterocycles. The zero-order valence-corrected chi connectivity index (χ0v) is 17.4. The predicted molar refractivity (Wildman–Crippen MR) is 108 cm³/mol. The van der Waals surface area contributed by atoms with Crippen LogP contribution in [0.1, 0.15) is 11.1 Å². The number of nitrogens with one attached hydrogen (secondary N) is 1. The molecule has 0 saturated heterocycles. The molecule has 0 atom stereocenters. The summed E-state index contributed by atoms with van der Waals surface area (Å²) in [5.41, 5.74) is 2.23. The molecule has 1 N–H and O–H groups in total. The second-order valence-electron chi connectivity index (χ2n) is 6.26. The van der Waals surface area contributed by atoms with Gasteiger partial charge in [0, 0.05) is 0 Å². The monoisotopic (exact) mass is 428 g/mol. The van der Waals surface area contributed by atoms with Gasteiger partial charge >= 0.3 is 0 Å². The zero-order chi connectivity index (χ0) is 20.9. The molecule has 2 aromatic carbocycles. The van der Waals surface area contributed by atoms with E-state index in [-0.39, 0.29) is 23.9 Å². The lowest BCUT2D eigenvalue weighted by molar-refractivity contribution is -0.119. The van der Waals surface area contributed by atoms with Gasteiger partial charge in [0.25, 0.3) is 0 Å². The third kappa shape index (κ3) is 5.84. The fourth-order valence-electron chi connectivity index (χ4n) is 2.46. The first-order chi connectivity index (χ1) is 13.1. The smallest absolute Gasteiger partial charge is 0.240 e. The van der Waals surface area contributed by atoms with Gasteiger partial charge in [0.1, 0.15) is 24.7 Å². The van der Waals surface area contributed by atoms with Gasteiger partial charge in [0.05, 0.1) is 23.5 Å². The van der Waals surface area contributed by atoms with E-state index in [1.165, 1.54) is 6.07 Å². The van der Waals surface area contributed by atoms with Crippen molar-refractivity contribution in [3.63, 3.8) is 0 Å². The second-order valence-corrected chi connectivity index (χ2v) is 8.58. The minimum absolute atomic E-state index is 0.107. The molecule has 6 nitrogen and oxygen atoms in total. The molecule has 0 aliphatic heterocycles. The molecule has 0 saturated carbocycles. The fraction of sp³-hybridized carbons (Fsp3) is 0.316. The highest BCUT2D eigenvalue weighted by Gasteiger charge is 2.21. The van der Waals surface area contributed by atoms with E-state index >= 15 is 0 Å². The lowest BCUT2D eigenvalue weighted by Gasteiger charge is -2.22. The van der Waals surface area contributed by atoms with Crippen LogP contribution >= 0.6 is 11.6 Å². The van der Waals surface area contributed by atoms with Crippen molar-refractivity contribution in [2.75, 3.05) is 30.3 Å². The summed E-state index contributed by atoms with van der Waals surface area (Å²) in [5.74, 6) is -0.463. The molecule has 0 aliphatic carbocycles. The first-order valence-electron chi connectivity index (χ1n) is 8.48. The van der Waals surface area contributed by atoms with Crippen LogP contribution in [-0.2, 0) is 14.8 Å². The van der Waals surface area contributed by atoms with Gasteiger partial charge in [0.2, 0.25) is 15.9 Å². The van der Waals surface area contributed by atoms with E-state index in [0.717, 1.165) is 39.6 Å². The first kappa shape index (κ1) is 22.0. The molecule has 28 heavy (non-hydrogen) atoms. The summed E-state index contributed by atoms with van der Waals surface area (Å²) in [4.78, 5) is 12.2. The number of carbonyl (C=O) groups is 1. The van der Waals surface area contributed by atoms with Crippen LogP contribution in [0.5, 0.6) is 5.75 Å². The van der Waals surface area contributed by atoms with Crippen molar-refractivity contribution in [1.29, 1.82) is 0 Å². The average Bonchev–Trinajstić information content (AvgIpc) is 2.61. The maximum absolute atomic E-state index is 13.3. The number of hydrogen-bond acceptors (Lipinski definition) is 4. The van der Waals surface area contributed by atoms with E-state index in [1.807, 2.05) is 32.0 Å². The molecule has 0 heterocycles. The van der Waals surface area contributed by atoms with Crippen LogP contribution in [0.15, 0.2) is 36.4 Å². The van der Waals surface area contributed by atoms with Gasteiger partial charge in [-0.3, -0.25) is 9.10 Å². The van der Waals surface area contributed by atoms with Gasteiger partial charge < -0.3 is 10.1 Å². The van der Waals surface area contributed by atoms with Gasteiger partial charge in [-0.2, -0.15) is 0 Å². The molecule has 1 amide bonds. The molecular formula is C19H22ClFN2O4S. The summed E-state index contributed by atoms with van der Waals surface area (Å²) >= 11 is 5.72. The molecule has 9 heteroatoms. The van der Waals surface area contributed by atoms with Crippen molar-refractivity contribution in [3.8, 4) is 5.75 Å².